The molecule has 0 atom stereocenters. The smallest absolute Gasteiger partial charge is 0.223 e. The lowest BCUT2D eigenvalue weighted by Crippen LogP contribution is -2.44. The van der Waals surface area contributed by atoms with E-state index >= 15 is 0 Å². The molecule has 0 aliphatic carbocycles. The minimum atomic E-state index is 0.0211. The van der Waals surface area contributed by atoms with Gasteiger partial charge < -0.3 is 4.90 Å². The Morgan fingerprint density at radius 3 is 2.53 bits per heavy atom. The van der Waals surface area contributed by atoms with E-state index in [1.165, 1.54) is 0 Å². The molecule has 1 amide bonds. The highest BCUT2D eigenvalue weighted by molar-refractivity contribution is 5.87. The topological polar surface area (TPSA) is 37.4 Å². The second kappa shape index (κ2) is 4.33. The lowest BCUT2D eigenvalue weighted by atomic mass is 9.82. The Labute approximate surface area is 91.8 Å². The average molecular weight is 211 g/mol. The van der Waals surface area contributed by atoms with Crippen LogP contribution >= 0.6 is 0 Å². The molecule has 0 spiro atoms. The van der Waals surface area contributed by atoms with Crippen LogP contribution in [0.2, 0.25) is 0 Å². The summed E-state index contributed by atoms with van der Waals surface area (Å²) in [5, 5.41) is 0. The van der Waals surface area contributed by atoms with E-state index in [9.17, 15) is 9.59 Å². The molecule has 0 aromatic carbocycles. The monoisotopic (exact) mass is 211 g/mol. The normalized spacial score (nSPS) is 20.9. The first kappa shape index (κ1) is 12.2. The van der Waals surface area contributed by atoms with Crippen molar-refractivity contribution in [2.45, 2.75) is 40.5 Å². The summed E-state index contributed by atoms with van der Waals surface area (Å²) in [4.78, 5) is 25.0. The van der Waals surface area contributed by atoms with Crippen molar-refractivity contribution in [3.05, 3.63) is 0 Å². The fraction of sp³-hybridized carbons (Fsp3) is 0.833. The van der Waals surface area contributed by atoms with Crippen LogP contribution in [-0.4, -0.2) is 29.7 Å². The standard InChI is InChI=1S/C12H21NO2/c1-9(2)10(14)8-13-6-5-12(3,4)7-11(13)15/h9H,5-8H2,1-4H3. The van der Waals surface area contributed by atoms with E-state index in [0.717, 1.165) is 13.0 Å². The predicted octanol–water partition coefficient (Wildman–Crippen LogP) is 1.86. The maximum Gasteiger partial charge on any atom is 0.223 e. The van der Waals surface area contributed by atoms with Gasteiger partial charge in [0.15, 0.2) is 5.78 Å². The van der Waals surface area contributed by atoms with Gasteiger partial charge in [-0.1, -0.05) is 27.7 Å². The summed E-state index contributed by atoms with van der Waals surface area (Å²) < 4.78 is 0. The summed E-state index contributed by atoms with van der Waals surface area (Å²) in [7, 11) is 0. The van der Waals surface area contributed by atoms with Crippen molar-refractivity contribution >= 4 is 11.7 Å². The van der Waals surface area contributed by atoms with Crippen molar-refractivity contribution in [1.82, 2.24) is 4.90 Å². The highest BCUT2D eigenvalue weighted by atomic mass is 16.2. The lowest BCUT2D eigenvalue weighted by molar-refractivity contribution is -0.141. The zero-order chi connectivity index (χ0) is 11.6. The molecule has 1 heterocycles. The van der Waals surface area contributed by atoms with E-state index in [1.54, 1.807) is 4.90 Å². The molecular weight excluding hydrogens is 190 g/mol. The molecule has 3 heteroatoms. The molecule has 1 rings (SSSR count). The summed E-state index contributed by atoms with van der Waals surface area (Å²) in [6.45, 7) is 8.98. The highest BCUT2D eigenvalue weighted by Crippen LogP contribution is 2.30. The molecule has 3 nitrogen and oxygen atoms in total. The fourth-order valence-corrected chi connectivity index (χ4v) is 1.71. The SMILES string of the molecule is CC(C)C(=O)CN1CCC(C)(C)CC1=O. The molecule has 0 N–H and O–H groups in total. The molecular formula is C12H21NO2. The molecule has 0 unspecified atom stereocenters. The van der Waals surface area contributed by atoms with Gasteiger partial charge in [0.2, 0.25) is 5.91 Å². The van der Waals surface area contributed by atoms with Crippen LogP contribution in [0.5, 0.6) is 0 Å². The summed E-state index contributed by atoms with van der Waals surface area (Å²) in [5.74, 6) is 0.302. The first-order valence-electron chi connectivity index (χ1n) is 5.62. The number of likely N-dealkylation sites (tertiary alicyclic amines) is 1. The number of piperidine rings is 1. The van der Waals surface area contributed by atoms with E-state index in [1.807, 2.05) is 13.8 Å². The van der Waals surface area contributed by atoms with E-state index in [-0.39, 0.29) is 23.0 Å². The molecule has 1 fully saturated rings. The third-order valence-corrected chi connectivity index (χ3v) is 3.03. The number of hydrogen-bond acceptors (Lipinski definition) is 2. The van der Waals surface area contributed by atoms with Gasteiger partial charge >= 0.3 is 0 Å². The van der Waals surface area contributed by atoms with Crippen molar-refractivity contribution in [3.63, 3.8) is 0 Å². The molecule has 0 radical (unpaired) electrons. The summed E-state index contributed by atoms with van der Waals surface area (Å²) in [6.07, 6.45) is 1.56. The summed E-state index contributed by atoms with van der Waals surface area (Å²) >= 11 is 0. The quantitative estimate of drug-likeness (QED) is 0.714. The van der Waals surface area contributed by atoms with Crippen LogP contribution in [0.4, 0.5) is 0 Å². The number of amides is 1. The Bertz CT molecular complexity index is 269. The first-order valence-corrected chi connectivity index (χ1v) is 5.62. The van der Waals surface area contributed by atoms with E-state index in [4.69, 9.17) is 0 Å². The van der Waals surface area contributed by atoms with Gasteiger partial charge in [0.05, 0.1) is 6.54 Å². The van der Waals surface area contributed by atoms with Crippen LogP contribution < -0.4 is 0 Å². The van der Waals surface area contributed by atoms with Gasteiger partial charge in [-0.2, -0.15) is 0 Å². The predicted molar refractivity (Wildman–Crippen MR) is 59.4 cm³/mol. The molecule has 0 aromatic rings. The Hall–Kier alpha value is -0.860. The zero-order valence-electron chi connectivity index (χ0n) is 10.2. The Balaban J connectivity index is 2.52. The molecule has 15 heavy (non-hydrogen) atoms. The van der Waals surface area contributed by atoms with Crippen LogP contribution in [0.3, 0.4) is 0 Å². The van der Waals surface area contributed by atoms with Crippen molar-refractivity contribution in [2.24, 2.45) is 11.3 Å². The maximum atomic E-state index is 11.7. The molecule has 0 saturated carbocycles. The largest absolute Gasteiger partial charge is 0.335 e. The zero-order valence-corrected chi connectivity index (χ0v) is 10.2. The fourth-order valence-electron chi connectivity index (χ4n) is 1.71. The van der Waals surface area contributed by atoms with Gasteiger partial charge in [0.25, 0.3) is 0 Å². The minimum absolute atomic E-state index is 0.0211. The summed E-state index contributed by atoms with van der Waals surface area (Å²) in [5.41, 5.74) is 0.106. The first-order chi connectivity index (χ1) is 6.82. The van der Waals surface area contributed by atoms with Gasteiger partial charge in [-0.15, -0.1) is 0 Å². The Morgan fingerprint density at radius 1 is 1.47 bits per heavy atom. The second-order valence-corrected chi connectivity index (χ2v) is 5.53. The number of rotatable bonds is 3. The third kappa shape index (κ3) is 3.33. The van der Waals surface area contributed by atoms with Crippen LogP contribution in [-0.2, 0) is 9.59 Å². The lowest BCUT2D eigenvalue weighted by Gasteiger charge is -2.36. The number of carbonyl (C=O) groups is 2. The highest BCUT2D eigenvalue weighted by Gasteiger charge is 2.32. The molecule has 86 valence electrons. The number of Topliss-reactive ketones (excluding diaryl/α,β-unsaturated/α-hetero) is 1. The minimum Gasteiger partial charge on any atom is -0.335 e. The molecule has 1 aliphatic heterocycles. The van der Waals surface area contributed by atoms with Crippen molar-refractivity contribution < 1.29 is 9.59 Å². The molecule has 1 aliphatic rings. The van der Waals surface area contributed by atoms with E-state index in [2.05, 4.69) is 13.8 Å². The van der Waals surface area contributed by atoms with Gasteiger partial charge in [0, 0.05) is 18.9 Å². The third-order valence-electron chi connectivity index (χ3n) is 3.03. The summed E-state index contributed by atoms with van der Waals surface area (Å²) in [6, 6.07) is 0. The Morgan fingerprint density at radius 2 is 2.07 bits per heavy atom. The van der Waals surface area contributed by atoms with Gasteiger partial charge in [-0.05, 0) is 11.8 Å². The number of hydrogen-bond donors (Lipinski definition) is 0. The van der Waals surface area contributed by atoms with Crippen LogP contribution in [0.25, 0.3) is 0 Å². The van der Waals surface area contributed by atoms with Crippen LogP contribution in [0.15, 0.2) is 0 Å². The van der Waals surface area contributed by atoms with E-state index < -0.39 is 0 Å². The van der Waals surface area contributed by atoms with Gasteiger partial charge in [-0.3, -0.25) is 9.59 Å². The van der Waals surface area contributed by atoms with E-state index in [0.29, 0.717) is 13.0 Å². The van der Waals surface area contributed by atoms with Crippen molar-refractivity contribution in [3.8, 4) is 0 Å². The number of nitrogens with zero attached hydrogens (tertiary/aromatic N) is 1. The molecule has 0 aromatic heterocycles. The van der Waals surface area contributed by atoms with Crippen molar-refractivity contribution in [2.75, 3.05) is 13.1 Å². The maximum absolute atomic E-state index is 11.7. The number of carbonyl (C=O) groups excluding carboxylic acids is 2. The van der Waals surface area contributed by atoms with Crippen molar-refractivity contribution in [1.29, 1.82) is 0 Å². The average Bonchev–Trinajstić information content (AvgIpc) is 2.08. The molecule has 1 saturated heterocycles. The number of ketones is 1. The molecule has 0 bridgehead atoms. The Kier molecular flexibility index (Phi) is 3.53. The van der Waals surface area contributed by atoms with Gasteiger partial charge in [-0.25, -0.2) is 0 Å². The van der Waals surface area contributed by atoms with Gasteiger partial charge in [0.1, 0.15) is 0 Å². The second-order valence-electron chi connectivity index (χ2n) is 5.53. The van der Waals surface area contributed by atoms with Crippen LogP contribution in [0, 0.1) is 11.3 Å². The van der Waals surface area contributed by atoms with Crippen LogP contribution in [0.1, 0.15) is 40.5 Å².